The summed E-state index contributed by atoms with van der Waals surface area (Å²) in [7, 11) is 5.06. The SMILES string of the molecule is CN(C)C(=O)N1CCN(C=O)CC1.COc1cc(N)c(C=N)cc1Nc1ncnc2sc3c(c12)CCCC3. The second-order valence-electron chi connectivity index (χ2n) is 9.37. The molecule has 0 atom stereocenters. The first-order valence-corrected chi connectivity index (χ1v) is 13.3. The van der Waals surface area contributed by atoms with E-state index in [0.717, 1.165) is 41.0 Å². The molecule has 3 heterocycles. The number of aromatic nitrogens is 2. The fourth-order valence-corrected chi connectivity index (χ4v) is 5.85. The summed E-state index contributed by atoms with van der Waals surface area (Å²) in [4.78, 5) is 38.2. The van der Waals surface area contributed by atoms with Crippen molar-refractivity contribution in [1.29, 1.82) is 5.41 Å². The standard InChI is InChI=1S/C18H19N5OS.C8H15N3O2/c1-24-14-7-12(20)10(8-19)6-13(14)23-17-16-11-4-2-3-5-15(11)25-18(16)22-9-21-17;1-9(2)8(13)11-5-3-10(7-12)4-6-11/h6-9,19H,2-5,20H2,1H3,(H,21,22,23);7H,3-6H2,1-2H3. The third kappa shape index (κ3) is 5.80. The number of ether oxygens (including phenoxy) is 1. The molecule has 1 aliphatic carbocycles. The Labute approximate surface area is 226 Å². The Morgan fingerprint density at radius 1 is 1.18 bits per heavy atom. The maximum atomic E-state index is 11.4. The lowest BCUT2D eigenvalue weighted by Crippen LogP contribution is -2.50. The van der Waals surface area contributed by atoms with Crippen LogP contribution in [-0.2, 0) is 17.6 Å². The number of methoxy groups -OCH3 is 1. The van der Waals surface area contributed by atoms with Crippen LogP contribution in [0.5, 0.6) is 5.75 Å². The van der Waals surface area contributed by atoms with Crippen LogP contribution in [0.3, 0.4) is 0 Å². The molecule has 1 aliphatic heterocycles. The molecule has 11 nitrogen and oxygen atoms in total. The molecule has 0 saturated carbocycles. The number of aryl methyl sites for hydroxylation is 2. The molecule has 3 amide bonds. The highest BCUT2D eigenvalue weighted by Gasteiger charge is 2.22. The van der Waals surface area contributed by atoms with Crippen LogP contribution in [0.1, 0.15) is 28.8 Å². The van der Waals surface area contributed by atoms with Crippen molar-refractivity contribution in [2.45, 2.75) is 25.7 Å². The number of nitrogens with two attached hydrogens (primary N) is 1. The van der Waals surface area contributed by atoms with Crippen molar-refractivity contribution in [3.63, 3.8) is 0 Å². The van der Waals surface area contributed by atoms with Crippen molar-refractivity contribution < 1.29 is 14.3 Å². The van der Waals surface area contributed by atoms with Gasteiger partial charge in [0.25, 0.3) is 0 Å². The van der Waals surface area contributed by atoms with E-state index in [0.29, 0.717) is 43.2 Å². The normalized spacial score (nSPS) is 14.7. The van der Waals surface area contributed by atoms with Gasteiger partial charge in [0.1, 0.15) is 22.7 Å². The molecule has 0 bridgehead atoms. The van der Waals surface area contributed by atoms with E-state index in [9.17, 15) is 9.59 Å². The average molecular weight is 539 g/mol. The smallest absolute Gasteiger partial charge is 0.319 e. The van der Waals surface area contributed by atoms with Crippen molar-refractivity contribution in [3.8, 4) is 5.75 Å². The predicted octanol–water partition coefficient (Wildman–Crippen LogP) is 3.34. The summed E-state index contributed by atoms with van der Waals surface area (Å²) in [5, 5.41) is 12.0. The average Bonchev–Trinajstić information content (AvgIpc) is 3.33. The molecule has 38 heavy (non-hydrogen) atoms. The van der Waals surface area contributed by atoms with E-state index in [-0.39, 0.29) is 6.03 Å². The maximum absolute atomic E-state index is 11.4. The molecule has 5 rings (SSSR count). The topological polar surface area (TPSA) is 141 Å². The number of benzene rings is 1. The van der Waals surface area contributed by atoms with Crippen LogP contribution >= 0.6 is 11.3 Å². The number of piperazine rings is 1. The number of urea groups is 1. The molecule has 0 spiro atoms. The lowest BCUT2D eigenvalue weighted by atomic mass is 9.97. The third-order valence-corrected chi connectivity index (χ3v) is 7.88. The zero-order chi connectivity index (χ0) is 27.2. The lowest BCUT2D eigenvalue weighted by Gasteiger charge is -2.33. The fraction of sp³-hybridized carbons (Fsp3) is 0.423. The van der Waals surface area contributed by atoms with Gasteiger partial charge in [-0.3, -0.25) is 4.79 Å². The quantitative estimate of drug-likeness (QED) is 0.257. The highest BCUT2D eigenvalue weighted by Crippen LogP contribution is 2.40. The Bertz CT molecular complexity index is 1320. The Morgan fingerprint density at radius 3 is 2.58 bits per heavy atom. The van der Waals surface area contributed by atoms with Crippen LogP contribution in [0.2, 0.25) is 0 Å². The monoisotopic (exact) mass is 538 g/mol. The van der Waals surface area contributed by atoms with Crippen LogP contribution in [0, 0.1) is 5.41 Å². The number of thiophene rings is 1. The van der Waals surface area contributed by atoms with Crippen molar-refractivity contribution in [2.24, 2.45) is 0 Å². The molecular weight excluding hydrogens is 504 g/mol. The number of carbonyl (C=O) groups is 2. The third-order valence-electron chi connectivity index (χ3n) is 6.68. The first-order valence-electron chi connectivity index (χ1n) is 12.5. The van der Waals surface area contributed by atoms with E-state index in [4.69, 9.17) is 15.9 Å². The van der Waals surface area contributed by atoms with Gasteiger partial charge < -0.3 is 35.9 Å². The zero-order valence-corrected chi connectivity index (χ0v) is 22.8. The van der Waals surface area contributed by atoms with E-state index in [1.807, 2.05) is 6.07 Å². The Morgan fingerprint density at radius 2 is 1.92 bits per heavy atom. The van der Waals surface area contributed by atoms with Crippen LogP contribution < -0.4 is 15.8 Å². The predicted molar refractivity (Wildman–Crippen MR) is 151 cm³/mol. The second kappa shape index (κ2) is 12.1. The number of fused-ring (bicyclic) bond motifs is 3. The number of nitrogens with zero attached hydrogens (tertiary/aromatic N) is 5. The largest absolute Gasteiger partial charge is 0.494 e. The number of rotatable bonds is 5. The number of hydrogen-bond donors (Lipinski definition) is 3. The van der Waals surface area contributed by atoms with Gasteiger partial charge in [0.05, 0.1) is 18.2 Å². The van der Waals surface area contributed by atoms with Gasteiger partial charge >= 0.3 is 6.03 Å². The van der Waals surface area contributed by atoms with Gasteiger partial charge in [-0.05, 0) is 37.3 Å². The first-order chi connectivity index (χ1) is 18.4. The maximum Gasteiger partial charge on any atom is 0.319 e. The van der Waals surface area contributed by atoms with Crippen molar-refractivity contribution >= 4 is 57.4 Å². The zero-order valence-electron chi connectivity index (χ0n) is 22.0. The minimum Gasteiger partial charge on any atom is -0.494 e. The molecule has 0 radical (unpaired) electrons. The van der Waals surface area contributed by atoms with Gasteiger partial charge in [-0.15, -0.1) is 11.3 Å². The first kappa shape index (κ1) is 27.1. The molecule has 2 aliphatic rings. The molecular formula is C26H34N8O3S. The summed E-state index contributed by atoms with van der Waals surface area (Å²) in [6.45, 7) is 2.55. The molecule has 0 unspecified atom stereocenters. The lowest BCUT2D eigenvalue weighted by molar-refractivity contribution is -0.119. The van der Waals surface area contributed by atoms with Crippen molar-refractivity contribution in [1.82, 2.24) is 24.7 Å². The number of carbonyl (C=O) groups excluding carboxylic acids is 2. The van der Waals surface area contributed by atoms with Gasteiger partial charge in [0.15, 0.2) is 0 Å². The minimum atomic E-state index is 0.0190. The van der Waals surface area contributed by atoms with Crippen molar-refractivity contribution in [3.05, 3.63) is 34.5 Å². The van der Waals surface area contributed by atoms with E-state index in [1.165, 1.54) is 29.5 Å². The van der Waals surface area contributed by atoms with Gasteiger partial charge in [0.2, 0.25) is 6.41 Å². The summed E-state index contributed by atoms with van der Waals surface area (Å²) in [5.74, 6) is 1.40. The van der Waals surface area contributed by atoms with E-state index in [2.05, 4.69) is 15.3 Å². The van der Waals surface area contributed by atoms with Crippen LogP contribution in [-0.4, -0.2) is 90.7 Å². The summed E-state index contributed by atoms with van der Waals surface area (Å²) in [6.07, 6.45) is 8.30. The van der Waals surface area contributed by atoms with Gasteiger partial charge in [-0.2, -0.15) is 0 Å². The number of nitrogens with one attached hydrogen (secondary N) is 2. The van der Waals surface area contributed by atoms with Crippen LogP contribution in [0.15, 0.2) is 18.5 Å². The molecule has 12 heteroatoms. The molecule has 4 N–H and O–H groups in total. The summed E-state index contributed by atoms with van der Waals surface area (Å²) >= 11 is 1.77. The summed E-state index contributed by atoms with van der Waals surface area (Å²) in [5.41, 5.74) is 9.22. The Hall–Kier alpha value is -3.93. The van der Waals surface area contributed by atoms with E-state index >= 15 is 0 Å². The summed E-state index contributed by atoms with van der Waals surface area (Å²) in [6, 6.07) is 3.56. The van der Waals surface area contributed by atoms with Crippen LogP contribution in [0.25, 0.3) is 10.2 Å². The van der Waals surface area contributed by atoms with Crippen LogP contribution in [0.4, 0.5) is 22.0 Å². The van der Waals surface area contributed by atoms with Gasteiger partial charge in [-0.25, -0.2) is 14.8 Å². The number of anilines is 3. The van der Waals surface area contributed by atoms with Gasteiger partial charge in [-0.1, -0.05) is 0 Å². The molecule has 1 aromatic carbocycles. The summed E-state index contributed by atoms with van der Waals surface area (Å²) < 4.78 is 5.45. The van der Waals surface area contributed by atoms with E-state index < -0.39 is 0 Å². The van der Waals surface area contributed by atoms with Gasteiger partial charge in [0, 0.05) is 68.7 Å². The molecule has 2 aromatic heterocycles. The highest BCUT2D eigenvalue weighted by molar-refractivity contribution is 7.19. The minimum absolute atomic E-state index is 0.0190. The highest BCUT2D eigenvalue weighted by atomic mass is 32.1. The Kier molecular flexibility index (Phi) is 8.62. The van der Waals surface area contributed by atoms with Crippen molar-refractivity contribution in [2.75, 3.05) is 58.4 Å². The molecule has 1 saturated heterocycles. The second-order valence-corrected chi connectivity index (χ2v) is 10.5. The molecule has 202 valence electrons. The Balaban J connectivity index is 0.000000219. The molecule has 3 aromatic rings. The fourth-order valence-electron chi connectivity index (χ4n) is 4.62. The molecule has 1 fully saturated rings. The van der Waals surface area contributed by atoms with E-state index in [1.54, 1.807) is 59.6 Å². The number of amides is 3. The number of nitrogen functional groups attached to an aromatic ring is 1. The number of hydrogen-bond acceptors (Lipinski definition) is 9.